The average Bonchev–Trinajstić information content (AvgIpc) is 2.67. The summed E-state index contributed by atoms with van der Waals surface area (Å²) in [5.41, 5.74) is 4.89. The van der Waals surface area contributed by atoms with Crippen LogP contribution in [0.25, 0.3) is 5.82 Å². The Morgan fingerprint density at radius 1 is 1.19 bits per heavy atom. The maximum Gasteiger partial charge on any atom is 0.435 e. The normalized spacial score (nSPS) is 11.7. The van der Waals surface area contributed by atoms with E-state index in [0.717, 1.165) is 10.7 Å². The molecule has 2 aromatic rings. The maximum absolute atomic E-state index is 12.3. The predicted octanol–water partition coefficient (Wildman–Crippen LogP) is 1.87. The number of pyridine rings is 1. The third-order valence-corrected chi connectivity index (χ3v) is 1.88. The van der Waals surface area contributed by atoms with Gasteiger partial charge in [-0.15, -0.1) is 0 Å². The van der Waals surface area contributed by atoms with E-state index in [-0.39, 0.29) is 5.82 Å². The number of hydrogen-bond acceptors (Lipinski definition) is 3. The Morgan fingerprint density at radius 2 is 1.94 bits per heavy atom. The summed E-state index contributed by atoms with van der Waals surface area (Å²) in [6.07, 6.45) is -1.90. The summed E-state index contributed by atoms with van der Waals surface area (Å²) in [7, 11) is 0. The Morgan fingerprint density at radius 3 is 2.44 bits per heavy atom. The fourth-order valence-corrected chi connectivity index (χ4v) is 1.14. The lowest BCUT2D eigenvalue weighted by Crippen LogP contribution is -2.07. The molecule has 0 unspecified atom stereocenters. The molecule has 2 N–H and O–H groups in total. The molecule has 0 atom stereocenters. The molecule has 16 heavy (non-hydrogen) atoms. The van der Waals surface area contributed by atoms with Gasteiger partial charge in [0.1, 0.15) is 0 Å². The van der Waals surface area contributed by atoms with Gasteiger partial charge < -0.3 is 5.73 Å². The third kappa shape index (κ3) is 1.97. The zero-order valence-corrected chi connectivity index (χ0v) is 7.94. The van der Waals surface area contributed by atoms with Crippen molar-refractivity contribution in [3.05, 3.63) is 36.3 Å². The second-order valence-corrected chi connectivity index (χ2v) is 3.09. The largest absolute Gasteiger partial charge is 0.435 e. The van der Waals surface area contributed by atoms with Gasteiger partial charge >= 0.3 is 6.18 Å². The summed E-state index contributed by atoms with van der Waals surface area (Å²) in [6.45, 7) is 0. The number of rotatable bonds is 1. The number of aromatic nitrogens is 3. The van der Waals surface area contributed by atoms with Crippen LogP contribution in [-0.2, 0) is 6.18 Å². The second-order valence-electron chi connectivity index (χ2n) is 3.09. The molecule has 4 nitrogen and oxygen atoms in total. The molecule has 0 aromatic carbocycles. The molecule has 0 spiro atoms. The van der Waals surface area contributed by atoms with Crippen molar-refractivity contribution in [2.24, 2.45) is 0 Å². The molecule has 0 aliphatic heterocycles. The van der Waals surface area contributed by atoms with Gasteiger partial charge in [0.25, 0.3) is 0 Å². The van der Waals surface area contributed by atoms with Crippen LogP contribution in [-0.4, -0.2) is 14.8 Å². The van der Waals surface area contributed by atoms with Gasteiger partial charge in [-0.25, -0.2) is 9.67 Å². The first-order chi connectivity index (χ1) is 7.47. The number of nitrogens with zero attached hydrogens (tertiary/aromatic N) is 3. The zero-order valence-electron chi connectivity index (χ0n) is 7.94. The minimum Gasteiger partial charge on any atom is -0.397 e. The first-order valence-corrected chi connectivity index (χ1v) is 4.31. The first-order valence-electron chi connectivity index (χ1n) is 4.31. The predicted molar refractivity (Wildman–Crippen MR) is 50.8 cm³/mol. The molecular weight excluding hydrogens is 221 g/mol. The Hall–Kier alpha value is -2.05. The van der Waals surface area contributed by atoms with Crippen molar-refractivity contribution in [3.63, 3.8) is 0 Å². The van der Waals surface area contributed by atoms with E-state index in [2.05, 4.69) is 10.1 Å². The SMILES string of the molecule is Nc1ccc(-n2ccc(C(F)(F)F)n2)nc1. The van der Waals surface area contributed by atoms with Gasteiger partial charge in [-0.2, -0.15) is 18.3 Å². The highest BCUT2D eigenvalue weighted by Gasteiger charge is 2.33. The lowest BCUT2D eigenvalue weighted by Gasteiger charge is -2.02. The minimum absolute atomic E-state index is 0.282. The fourth-order valence-electron chi connectivity index (χ4n) is 1.14. The van der Waals surface area contributed by atoms with Crippen LogP contribution in [0, 0.1) is 0 Å². The fraction of sp³-hybridized carbons (Fsp3) is 0.111. The first kappa shape index (κ1) is 10.5. The van der Waals surface area contributed by atoms with Crippen LogP contribution in [0.15, 0.2) is 30.6 Å². The molecule has 0 saturated heterocycles. The van der Waals surface area contributed by atoms with Crippen molar-refractivity contribution in [1.29, 1.82) is 0 Å². The van der Waals surface area contributed by atoms with Crippen LogP contribution in [0.4, 0.5) is 18.9 Å². The van der Waals surface area contributed by atoms with Gasteiger partial charge in [0.15, 0.2) is 11.5 Å². The monoisotopic (exact) mass is 228 g/mol. The van der Waals surface area contributed by atoms with Crippen molar-refractivity contribution in [2.75, 3.05) is 5.73 Å². The number of hydrogen-bond donors (Lipinski definition) is 1. The molecule has 0 saturated carbocycles. The van der Waals surface area contributed by atoms with E-state index >= 15 is 0 Å². The highest BCUT2D eigenvalue weighted by molar-refractivity contribution is 5.38. The van der Waals surface area contributed by atoms with E-state index in [1.165, 1.54) is 24.5 Å². The molecule has 7 heteroatoms. The van der Waals surface area contributed by atoms with Gasteiger partial charge in [-0.1, -0.05) is 0 Å². The van der Waals surface area contributed by atoms with E-state index in [1.807, 2.05) is 0 Å². The Labute approximate surface area is 88.5 Å². The van der Waals surface area contributed by atoms with E-state index in [9.17, 15) is 13.2 Å². The molecule has 0 fully saturated rings. The highest BCUT2D eigenvalue weighted by atomic mass is 19.4. The number of halogens is 3. The molecule has 0 aliphatic rings. The van der Waals surface area contributed by atoms with E-state index < -0.39 is 11.9 Å². The number of nitrogen functional groups attached to an aromatic ring is 1. The lowest BCUT2D eigenvalue weighted by atomic mass is 10.4. The van der Waals surface area contributed by atoms with Crippen molar-refractivity contribution in [1.82, 2.24) is 14.8 Å². The number of anilines is 1. The topological polar surface area (TPSA) is 56.7 Å². The van der Waals surface area contributed by atoms with Crippen molar-refractivity contribution in [3.8, 4) is 5.82 Å². The highest BCUT2D eigenvalue weighted by Crippen LogP contribution is 2.27. The Balaban J connectivity index is 2.35. The van der Waals surface area contributed by atoms with Crippen LogP contribution in [0.2, 0.25) is 0 Å². The summed E-state index contributed by atoms with van der Waals surface area (Å²) >= 11 is 0. The molecule has 0 amide bonds. The van der Waals surface area contributed by atoms with Gasteiger partial charge in [0.05, 0.1) is 11.9 Å². The van der Waals surface area contributed by atoms with Crippen molar-refractivity contribution < 1.29 is 13.2 Å². The van der Waals surface area contributed by atoms with Crippen LogP contribution in [0.5, 0.6) is 0 Å². The van der Waals surface area contributed by atoms with Crippen LogP contribution in [0.1, 0.15) is 5.69 Å². The molecule has 2 aromatic heterocycles. The third-order valence-electron chi connectivity index (χ3n) is 1.88. The van der Waals surface area contributed by atoms with E-state index in [1.54, 1.807) is 0 Å². The van der Waals surface area contributed by atoms with Crippen LogP contribution in [0.3, 0.4) is 0 Å². The molecule has 0 aliphatic carbocycles. The van der Waals surface area contributed by atoms with Gasteiger partial charge in [-0.3, -0.25) is 0 Å². The maximum atomic E-state index is 12.3. The summed E-state index contributed by atoms with van der Waals surface area (Å²) in [5.74, 6) is 0.282. The number of nitrogens with two attached hydrogens (primary N) is 1. The van der Waals surface area contributed by atoms with E-state index in [0.29, 0.717) is 5.69 Å². The Bertz CT molecular complexity index is 486. The molecule has 0 radical (unpaired) electrons. The smallest absolute Gasteiger partial charge is 0.397 e. The average molecular weight is 228 g/mol. The summed E-state index contributed by atoms with van der Waals surface area (Å²) in [5, 5.41) is 3.37. The van der Waals surface area contributed by atoms with Gasteiger partial charge in [0.2, 0.25) is 0 Å². The minimum atomic E-state index is -4.45. The quantitative estimate of drug-likeness (QED) is 0.810. The molecule has 0 bridgehead atoms. The molecule has 2 heterocycles. The standard InChI is InChI=1S/C9H7F3N4/c10-9(11,12)7-3-4-16(15-7)8-2-1-6(13)5-14-8/h1-5H,13H2. The Kier molecular flexibility index (Phi) is 2.30. The molecule has 2 rings (SSSR count). The van der Waals surface area contributed by atoms with Crippen molar-refractivity contribution in [2.45, 2.75) is 6.18 Å². The zero-order chi connectivity index (χ0) is 11.8. The summed E-state index contributed by atoms with van der Waals surface area (Å²) < 4.78 is 37.8. The van der Waals surface area contributed by atoms with Crippen LogP contribution >= 0.6 is 0 Å². The summed E-state index contributed by atoms with van der Waals surface area (Å²) in [6, 6.07) is 3.91. The molecular formula is C9H7F3N4. The second kappa shape index (κ2) is 3.51. The number of alkyl halides is 3. The van der Waals surface area contributed by atoms with Crippen molar-refractivity contribution >= 4 is 5.69 Å². The van der Waals surface area contributed by atoms with E-state index in [4.69, 9.17) is 5.73 Å². The lowest BCUT2D eigenvalue weighted by molar-refractivity contribution is -0.141. The van der Waals surface area contributed by atoms with Crippen LogP contribution < -0.4 is 5.73 Å². The van der Waals surface area contributed by atoms with Gasteiger partial charge in [0, 0.05) is 6.20 Å². The molecule has 84 valence electrons. The van der Waals surface area contributed by atoms with Gasteiger partial charge in [-0.05, 0) is 18.2 Å². The summed E-state index contributed by atoms with van der Waals surface area (Å²) in [4.78, 5) is 3.85.